The second-order valence-corrected chi connectivity index (χ2v) is 4.83. The Labute approximate surface area is 95.7 Å². The molecule has 2 aliphatic rings. The number of ether oxygens (including phenoxy) is 1. The number of likely N-dealkylation sites (tertiary alicyclic amines) is 1. The molecule has 0 aromatic rings. The summed E-state index contributed by atoms with van der Waals surface area (Å²) in [5.41, 5.74) is 0. The van der Waals surface area contributed by atoms with Crippen molar-refractivity contribution in [3.8, 4) is 0 Å². The molecule has 3 atom stereocenters. The molecule has 2 fully saturated rings. The van der Waals surface area contributed by atoms with Gasteiger partial charge < -0.3 is 9.64 Å². The van der Waals surface area contributed by atoms with Crippen LogP contribution in [0.1, 0.15) is 26.2 Å². The zero-order chi connectivity index (χ0) is 10.8. The maximum absolute atomic E-state index is 12.1. The topological polar surface area (TPSA) is 29.5 Å². The molecule has 0 bridgehead atoms. The summed E-state index contributed by atoms with van der Waals surface area (Å²) >= 11 is 5.91. The average Bonchev–Trinajstić information content (AvgIpc) is 2.85. The van der Waals surface area contributed by atoms with Crippen LogP contribution in [-0.2, 0) is 9.53 Å². The van der Waals surface area contributed by atoms with Gasteiger partial charge in [-0.15, -0.1) is 11.6 Å². The monoisotopic (exact) mass is 231 g/mol. The van der Waals surface area contributed by atoms with Gasteiger partial charge in [-0.2, -0.15) is 0 Å². The number of hydrogen-bond acceptors (Lipinski definition) is 2. The van der Waals surface area contributed by atoms with Gasteiger partial charge in [0.15, 0.2) is 0 Å². The van der Waals surface area contributed by atoms with Gasteiger partial charge in [0.2, 0.25) is 0 Å². The Morgan fingerprint density at radius 2 is 2.33 bits per heavy atom. The van der Waals surface area contributed by atoms with Crippen molar-refractivity contribution in [2.45, 2.75) is 38.3 Å². The predicted octanol–water partition coefficient (Wildman–Crippen LogP) is 1.64. The van der Waals surface area contributed by atoms with E-state index >= 15 is 0 Å². The Bertz CT molecular complexity index is 241. The Kier molecular flexibility index (Phi) is 3.52. The summed E-state index contributed by atoms with van der Waals surface area (Å²) in [6, 6.07) is 0.211. The summed E-state index contributed by atoms with van der Waals surface area (Å²) in [7, 11) is 0. The lowest BCUT2D eigenvalue weighted by Crippen LogP contribution is -2.44. The highest BCUT2D eigenvalue weighted by molar-refractivity contribution is 6.18. The van der Waals surface area contributed by atoms with Gasteiger partial charge in [0.05, 0.1) is 0 Å². The molecule has 0 aliphatic carbocycles. The molecule has 86 valence electrons. The molecule has 0 aromatic carbocycles. The van der Waals surface area contributed by atoms with E-state index in [2.05, 4.69) is 6.92 Å². The molecule has 4 heteroatoms. The molecule has 0 spiro atoms. The van der Waals surface area contributed by atoms with Crippen molar-refractivity contribution in [2.75, 3.05) is 19.0 Å². The first-order valence-corrected chi connectivity index (χ1v) is 6.25. The van der Waals surface area contributed by atoms with Crippen LogP contribution in [0.4, 0.5) is 0 Å². The summed E-state index contributed by atoms with van der Waals surface area (Å²) in [5, 5.41) is 0. The highest BCUT2D eigenvalue weighted by Gasteiger charge is 2.37. The number of nitrogens with zero attached hydrogens (tertiary/aromatic N) is 1. The molecule has 2 aliphatic heterocycles. The summed E-state index contributed by atoms with van der Waals surface area (Å²) in [5.74, 6) is 1.22. The van der Waals surface area contributed by atoms with E-state index in [1.807, 2.05) is 4.90 Å². The number of halogens is 1. The fraction of sp³-hybridized carbons (Fsp3) is 0.909. The fourth-order valence-corrected chi connectivity index (χ4v) is 2.95. The molecule has 0 aromatic heterocycles. The number of carbonyl (C=O) groups is 1. The van der Waals surface area contributed by atoms with Gasteiger partial charge in [-0.1, -0.05) is 6.92 Å². The van der Waals surface area contributed by atoms with E-state index in [1.165, 1.54) is 0 Å². The first-order valence-electron chi connectivity index (χ1n) is 5.72. The van der Waals surface area contributed by atoms with Crippen LogP contribution >= 0.6 is 11.6 Å². The Hall–Kier alpha value is -0.280. The first-order chi connectivity index (χ1) is 7.24. The van der Waals surface area contributed by atoms with Crippen molar-refractivity contribution >= 4 is 17.5 Å². The van der Waals surface area contributed by atoms with Crippen LogP contribution in [0.25, 0.3) is 0 Å². The summed E-state index contributed by atoms with van der Waals surface area (Å²) in [6.07, 6.45) is 2.75. The predicted molar refractivity (Wildman–Crippen MR) is 59.0 cm³/mol. The van der Waals surface area contributed by atoms with E-state index in [0.29, 0.717) is 11.8 Å². The summed E-state index contributed by atoms with van der Waals surface area (Å²) in [6.45, 7) is 3.73. The lowest BCUT2D eigenvalue weighted by molar-refractivity contribution is -0.141. The normalized spacial score (nSPS) is 36.1. The number of alkyl halides is 1. The van der Waals surface area contributed by atoms with Crippen molar-refractivity contribution < 1.29 is 9.53 Å². The lowest BCUT2D eigenvalue weighted by atomic mass is 10.0. The van der Waals surface area contributed by atoms with Gasteiger partial charge in [-0.05, 0) is 25.2 Å². The van der Waals surface area contributed by atoms with Gasteiger partial charge in [0, 0.05) is 25.1 Å². The largest absolute Gasteiger partial charge is 0.368 e. The second-order valence-electron chi connectivity index (χ2n) is 4.52. The zero-order valence-electron chi connectivity index (χ0n) is 9.12. The van der Waals surface area contributed by atoms with E-state index in [1.54, 1.807) is 0 Å². The van der Waals surface area contributed by atoms with E-state index < -0.39 is 0 Å². The third-order valence-electron chi connectivity index (χ3n) is 3.53. The molecular formula is C11H18ClNO2. The number of amides is 1. The summed E-state index contributed by atoms with van der Waals surface area (Å²) in [4.78, 5) is 14.0. The highest BCUT2D eigenvalue weighted by Crippen LogP contribution is 2.27. The quantitative estimate of drug-likeness (QED) is 0.677. The minimum atomic E-state index is -0.194. The molecule has 15 heavy (non-hydrogen) atoms. The second kappa shape index (κ2) is 4.71. The smallest absolute Gasteiger partial charge is 0.251 e. The Morgan fingerprint density at radius 1 is 1.53 bits per heavy atom. The molecule has 1 amide bonds. The van der Waals surface area contributed by atoms with E-state index in [0.717, 1.165) is 32.4 Å². The molecule has 0 saturated carbocycles. The van der Waals surface area contributed by atoms with E-state index in [-0.39, 0.29) is 18.1 Å². The lowest BCUT2D eigenvalue weighted by Gasteiger charge is -2.27. The maximum Gasteiger partial charge on any atom is 0.251 e. The van der Waals surface area contributed by atoms with Gasteiger partial charge in [0.1, 0.15) is 6.10 Å². The molecular weight excluding hydrogens is 214 g/mol. The molecule has 3 unspecified atom stereocenters. The zero-order valence-corrected chi connectivity index (χ0v) is 9.87. The van der Waals surface area contributed by atoms with Crippen LogP contribution in [-0.4, -0.2) is 42.0 Å². The SMILES string of the molecule is CC1CCN(C(=O)C2CCCO2)C1CCl. The molecule has 3 nitrogen and oxygen atoms in total. The number of hydrogen-bond donors (Lipinski definition) is 0. The number of carbonyl (C=O) groups excluding carboxylic acids is 1. The van der Waals surface area contributed by atoms with Crippen molar-refractivity contribution in [1.29, 1.82) is 0 Å². The standard InChI is InChI=1S/C11H18ClNO2/c1-8-4-5-13(9(8)7-12)11(14)10-3-2-6-15-10/h8-10H,2-7H2,1H3. The molecule has 2 saturated heterocycles. The summed E-state index contributed by atoms with van der Waals surface area (Å²) < 4.78 is 5.42. The third-order valence-corrected chi connectivity index (χ3v) is 3.85. The fourth-order valence-electron chi connectivity index (χ4n) is 2.47. The molecule has 0 N–H and O–H groups in total. The van der Waals surface area contributed by atoms with Gasteiger partial charge >= 0.3 is 0 Å². The van der Waals surface area contributed by atoms with Crippen LogP contribution in [0.3, 0.4) is 0 Å². The van der Waals surface area contributed by atoms with Crippen molar-refractivity contribution in [1.82, 2.24) is 4.90 Å². The molecule has 2 rings (SSSR count). The Balaban J connectivity index is 2.00. The van der Waals surface area contributed by atoms with Crippen LogP contribution in [0.15, 0.2) is 0 Å². The van der Waals surface area contributed by atoms with Crippen LogP contribution in [0.2, 0.25) is 0 Å². The van der Waals surface area contributed by atoms with E-state index in [9.17, 15) is 4.79 Å². The number of rotatable bonds is 2. The van der Waals surface area contributed by atoms with Crippen LogP contribution in [0, 0.1) is 5.92 Å². The molecule has 0 radical (unpaired) electrons. The minimum absolute atomic E-state index is 0.155. The first kappa shape index (κ1) is 11.2. The average molecular weight is 232 g/mol. The van der Waals surface area contributed by atoms with E-state index in [4.69, 9.17) is 16.3 Å². The maximum atomic E-state index is 12.1. The van der Waals surface area contributed by atoms with Crippen molar-refractivity contribution in [3.05, 3.63) is 0 Å². The van der Waals surface area contributed by atoms with Crippen molar-refractivity contribution in [2.24, 2.45) is 5.92 Å². The van der Waals surface area contributed by atoms with Crippen LogP contribution < -0.4 is 0 Å². The third kappa shape index (κ3) is 2.13. The Morgan fingerprint density at radius 3 is 2.93 bits per heavy atom. The highest BCUT2D eigenvalue weighted by atomic mass is 35.5. The minimum Gasteiger partial charge on any atom is -0.368 e. The van der Waals surface area contributed by atoms with Gasteiger partial charge in [-0.25, -0.2) is 0 Å². The van der Waals surface area contributed by atoms with Gasteiger partial charge in [0.25, 0.3) is 5.91 Å². The van der Waals surface area contributed by atoms with Crippen LogP contribution in [0.5, 0.6) is 0 Å². The van der Waals surface area contributed by atoms with Gasteiger partial charge in [-0.3, -0.25) is 4.79 Å². The van der Waals surface area contributed by atoms with Crippen molar-refractivity contribution in [3.63, 3.8) is 0 Å². The molecule has 2 heterocycles.